The molecule has 0 radical (unpaired) electrons. The van der Waals surface area contributed by atoms with Gasteiger partial charge in [-0.15, -0.1) is 0 Å². The number of carbonyl (C=O) groups is 1. The van der Waals surface area contributed by atoms with E-state index in [-0.39, 0.29) is 12.1 Å². The average Bonchev–Trinajstić information content (AvgIpc) is 2.59. The lowest BCUT2D eigenvalue weighted by atomic mass is 9.62. The molecule has 1 unspecified atom stereocenters. The van der Waals surface area contributed by atoms with Gasteiger partial charge in [0.05, 0.1) is 0 Å². The maximum atomic E-state index is 12.1. The number of rotatable bonds is 7. The third-order valence-corrected chi connectivity index (χ3v) is 5.92. The molecule has 0 aromatic heterocycles. The summed E-state index contributed by atoms with van der Waals surface area (Å²) in [7, 11) is 0. The molecular weight excluding hydrogens is 308 g/mol. The van der Waals surface area contributed by atoms with Crippen molar-refractivity contribution in [3.05, 3.63) is 42.0 Å². The van der Waals surface area contributed by atoms with E-state index in [9.17, 15) is 4.79 Å². The minimum atomic E-state index is -0.230. The summed E-state index contributed by atoms with van der Waals surface area (Å²) in [6.45, 7) is 9.31. The van der Waals surface area contributed by atoms with Crippen LogP contribution in [0.3, 0.4) is 0 Å². The topological polar surface area (TPSA) is 26.3 Å². The van der Waals surface area contributed by atoms with Gasteiger partial charge in [0.25, 0.3) is 0 Å². The van der Waals surface area contributed by atoms with E-state index >= 15 is 0 Å². The predicted octanol–water partition coefficient (Wildman–Crippen LogP) is 6.26. The zero-order chi connectivity index (χ0) is 18.3. The fraction of sp³-hybridized carbons (Fsp3) is 0.609. The van der Waals surface area contributed by atoms with Gasteiger partial charge < -0.3 is 4.74 Å². The fourth-order valence-electron chi connectivity index (χ4n) is 4.36. The van der Waals surface area contributed by atoms with E-state index in [0.717, 1.165) is 36.7 Å². The third-order valence-electron chi connectivity index (χ3n) is 5.92. The van der Waals surface area contributed by atoms with Gasteiger partial charge in [-0.25, -0.2) is 4.79 Å². The summed E-state index contributed by atoms with van der Waals surface area (Å²) in [5, 5.41) is 0. The van der Waals surface area contributed by atoms with E-state index in [4.69, 9.17) is 4.74 Å². The summed E-state index contributed by atoms with van der Waals surface area (Å²) in [6.07, 6.45) is 10.4. The second-order valence-electron chi connectivity index (χ2n) is 8.25. The van der Waals surface area contributed by atoms with Gasteiger partial charge in [-0.1, -0.05) is 70.9 Å². The van der Waals surface area contributed by atoms with Crippen molar-refractivity contribution in [3.63, 3.8) is 0 Å². The number of ether oxygens (including phenoxy) is 1. The van der Waals surface area contributed by atoms with Crippen LogP contribution in [-0.4, -0.2) is 12.1 Å². The minimum Gasteiger partial charge on any atom is -0.459 e. The molecule has 1 aromatic rings. The third kappa shape index (κ3) is 6.02. The zero-order valence-electron chi connectivity index (χ0n) is 16.3. The van der Waals surface area contributed by atoms with Crippen molar-refractivity contribution >= 4 is 12.0 Å². The van der Waals surface area contributed by atoms with Gasteiger partial charge in [0.2, 0.25) is 0 Å². The first kappa shape index (κ1) is 19.8. The molecular formula is C23H34O2. The molecule has 0 bridgehead atoms. The maximum Gasteiger partial charge on any atom is 0.331 e. The summed E-state index contributed by atoms with van der Waals surface area (Å²) in [4.78, 5) is 12.1. The van der Waals surface area contributed by atoms with E-state index in [2.05, 4.69) is 27.7 Å². The van der Waals surface area contributed by atoms with Gasteiger partial charge in [0.15, 0.2) is 0 Å². The van der Waals surface area contributed by atoms with Crippen molar-refractivity contribution in [2.45, 2.75) is 72.3 Å². The van der Waals surface area contributed by atoms with E-state index in [1.54, 1.807) is 6.08 Å². The smallest absolute Gasteiger partial charge is 0.331 e. The molecule has 0 heterocycles. The van der Waals surface area contributed by atoms with Crippen LogP contribution in [0.15, 0.2) is 36.4 Å². The molecule has 1 aliphatic carbocycles. The van der Waals surface area contributed by atoms with Gasteiger partial charge in [-0.05, 0) is 54.6 Å². The first-order chi connectivity index (χ1) is 11.9. The van der Waals surface area contributed by atoms with Crippen LogP contribution in [0.2, 0.25) is 0 Å². The maximum absolute atomic E-state index is 12.1. The Balaban J connectivity index is 1.85. The number of hydrogen-bond acceptors (Lipinski definition) is 2. The number of benzene rings is 1. The molecule has 0 amide bonds. The minimum absolute atomic E-state index is 0.0258. The Morgan fingerprint density at radius 2 is 2.04 bits per heavy atom. The van der Waals surface area contributed by atoms with Crippen LogP contribution in [0.4, 0.5) is 0 Å². The molecule has 2 nitrogen and oxygen atoms in total. The van der Waals surface area contributed by atoms with E-state index < -0.39 is 0 Å². The molecule has 25 heavy (non-hydrogen) atoms. The predicted molar refractivity (Wildman–Crippen MR) is 105 cm³/mol. The van der Waals surface area contributed by atoms with Gasteiger partial charge in [0, 0.05) is 6.08 Å². The average molecular weight is 343 g/mol. The summed E-state index contributed by atoms with van der Waals surface area (Å²) < 4.78 is 5.69. The van der Waals surface area contributed by atoms with Gasteiger partial charge in [-0.2, -0.15) is 0 Å². The van der Waals surface area contributed by atoms with Crippen molar-refractivity contribution in [2.75, 3.05) is 0 Å². The lowest BCUT2D eigenvalue weighted by Gasteiger charge is -2.43. The van der Waals surface area contributed by atoms with Crippen LogP contribution >= 0.6 is 0 Å². The lowest BCUT2D eigenvalue weighted by molar-refractivity contribution is -0.143. The second-order valence-corrected chi connectivity index (χ2v) is 8.25. The first-order valence-corrected chi connectivity index (χ1v) is 9.86. The van der Waals surface area contributed by atoms with E-state index in [0.29, 0.717) is 5.41 Å². The molecule has 0 aliphatic heterocycles. The highest BCUT2D eigenvalue weighted by Gasteiger charge is 2.36. The summed E-state index contributed by atoms with van der Waals surface area (Å²) in [5.41, 5.74) is 1.43. The SMILES string of the molecule is CCC(CC[C@@H]1[C@@H](C)CCCC1(C)C)OC(=O)/C=C/c1ccccc1. The quantitative estimate of drug-likeness (QED) is 0.431. The molecule has 3 atom stereocenters. The molecule has 1 aliphatic rings. The van der Waals surface area contributed by atoms with Crippen LogP contribution in [0.1, 0.15) is 71.8 Å². The summed E-state index contributed by atoms with van der Waals surface area (Å²) >= 11 is 0. The molecule has 2 rings (SSSR count). The fourth-order valence-corrected chi connectivity index (χ4v) is 4.36. The van der Waals surface area contributed by atoms with Crippen LogP contribution in [0.5, 0.6) is 0 Å². The highest BCUT2D eigenvalue weighted by atomic mass is 16.5. The number of hydrogen-bond donors (Lipinski definition) is 0. The van der Waals surface area contributed by atoms with Crippen LogP contribution in [0.25, 0.3) is 6.08 Å². The van der Waals surface area contributed by atoms with Crippen molar-refractivity contribution in [1.82, 2.24) is 0 Å². The summed E-state index contributed by atoms with van der Waals surface area (Å²) in [5.74, 6) is 1.27. The number of esters is 1. The molecule has 0 saturated heterocycles. The Morgan fingerprint density at radius 1 is 1.32 bits per heavy atom. The van der Waals surface area contributed by atoms with Crippen molar-refractivity contribution < 1.29 is 9.53 Å². The molecule has 0 spiro atoms. The Labute approximate surface area is 153 Å². The zero-order valence-corrected chi connectivity index (χ0v) is 16.3. The highest BCUT2D eigenvalue weighted by Crippen LogP contribution is 2.46. The largest absolute Gasteiger partial charge is 0.459 e. The van der Waals surface area contributed by atoms with Crippen LogP contribution < -0.4 is 0 Å². The molecule has 1 fully saturated rings. The van der Waals surface area contributed by atoms with Gasteiger partial charge in [0.1, 0.15) is 6.10 Å². The summed E-state index contributed by atoms with van der Waals surface area (Å²) in [6, 6.07) is 9.86. The van der Waals surface area contributed by atoms with Gasteiger partial charge >= 0.3 is 5.97 Å². The normalized spacial score (nSPS) is 24.2. The first-order valence-electron chi connectivity index (χ1n) is 9.86. The molecule has 0 N–H and O–H groups in total. The Hall–Kier alpha value is -1.57. The van der Waals surface area contributed by atoms with Crippen LogP contribution in [-0.2, 0) is 9.53 Å². The molecule has 138 valence electrons. The van der Waals surface area contributed by atoms with Crippen LogP contribution in [0, 0.1) is 17.3 Å². The molecule has 1 aromatic carbocycles. The lowest BCUT2D eigenvalue weighted by Crippen LogP contribution is -2.34. The Morgan fingerprint density at radius 3 is 2.68 bits per heavy atom. The van der Waals surface area contributed by atoms with Crippen molar-refractivity contribution in [3.8, 4) is 0 Å². The number of carbonyl (C=O) groups excluding carboxylic acids is 1. The molecule has 1 saturated carbocycles. The highest BCUT2D eigenvalue weighted by molar-refractivity contribution is 5.87. The standard InChI is InChI=1S/C23H34O2/c1-5-20(14-15-21-18(2)10-9-17-23(21,3)4)25-22(24)16-13-19-11-7-6-8-12-19/h6-8,11-13,16,18,20-21H,5,9-10,14-15,17H2,1-4H3/b16-13+/t18-,20?,21+/m0/s1. The second kappa shape index (κ2) is 9.22. The van der Waals surface area contributed by atoms with E-state index in [1.807, 2.05) is 36.4 Å². The van der Waals surface area contributed by atoms with Crippen molar-refractivity contribution in [2.24, 2.45) is 17.3 Å². The monoisotopic (exact) mass is 342 g/mol. The Bertz CT molecular complexity index is 559. The van der Waals surface area contributed by atoms with Gasteiger partial charge in [-0.3, -0.25) is 0 Å². The Kier molecular flexibility index (Phi) is 7.28. The molecule has 2 heteroatoms. The van der Waals surface area contributed by atoms with Crippen molar-refractivity contribution in [1.29, 1.82) is 0 Å². The van der Waals surface area contributed by atoms with E-state index in [1.165, 1.54) is 19.3 Å².